The number of thiophene rings is 1. The van der Waals surface area contributed by atoms with Crippen molar-refractivity contribution in [1.82, 2.24) is 5.32 Å². The number of rotatable bonds is 3. The van der Waals surface area contributed by atoms with Crippen molar-refractivity contribution >= 4 is 27.3 Å². The summed E-state index contributed by atoms with van der Waals surface area (Å²) in [5, 5.41) is 3.73. The molecular formula is C14H22BrNS. The van der Waals surface area contributed by atoms with Gasteiger partial charge in [-0.1, -0.05) is 13.8 Å². The first-order chi connectivity index (χ1) is 8.04. The van der Waals surface area contributed by atoms with Crippen molar-refractivity contribution in [3.05, 3.63) is 20.3 Å². The van der Waals surface area contributed by atoms with E-state index in [1.165, 1.54) is 33.5 Å². The van der Waals surface area contributed by atoms with Gasteiger partial charge in [0.1, 0.15) is 0 Å². The van der Waals surface area contributed by atoms with Crippen LogP contribution < -0.4 is 5.32 Å². The Hall–Kier alpha value is 0.140. The maximum absolute atomic E-state index is 3.73. The molecule has 1 heterocycles. The molecule has 0 bridgehead atoms. The molecule has 96 valence electrons. The second-order valence-electron chi connectivity index (χ2n) is 5.61. The molecule has 1 aliphatic carbocycles. The van der Waals surface area contributed by atoms with E-state index in [-0.39, 0.29) is 0 Å². The summed E-state index contributed by atoms with van der Waals surface area (Å²) in [5.74, 6) is 1.76. The first-order valence-electron chi connectivity index (χ1n) is 6.52. The van der Waals surface area contributed by atoms with Crippen LogP contribution in [-0.2, 0) is 6.54 Å². The van der Waals surface area contributed by atoms with Gasteiger partial charge in [0.15, 0.2) is 0 Å². The fraction of sp³-hybridized carbons (Fsp3) is 0.714. The van der Waals surface area contributed by atoms with E-state index in [4.69, 9.17) is 0 Å². The van der Waals surface area contributed by atoms with Crippen LogP contribution in [0, 0.1) is 18.8 Å². The van der Waals surface area contributed by atoms with Gasteiger partial charge in [0.2, 0.25) is 0 Å². The maximum Gasteiger partial charge on any atom is 0.0314 e. The van der Waals surface area contributed by atoms with Gasteiger partial charge in [-0.2, -0.15) is 0 Å². The predicted molar refractivity (Wildman–Crippen MR) is 79.6 cm³/mol. The molecule has 0 spiro atoms. The van der Waals surface area contributed by atoms with Crippen LogP contribution in [0.4, 0.5) is 0 Å². The number of halogens is 1. The lowest BCUT2D eigenvalue weighted by molar-refractivity contribution is 0.238. The lowest BCUT2D eigenvalue weighted by Crippen LogP contribution is -2.35. The van der Waals surface area contributed by atoms with E-state index < -0.39 is 0 Å². The molecule has 0 aromatic carbocycles. The van der Waals surface area contributed by atoms with Gasteiger partial charge >= 0.3 is 0 Å². The van der Waals surface area contributed by atoms with E-state index in [0.29, 0.717) is 0 Å². The van der Waals surface area contributed by atoms with Gasteiger partial charge in [0.05, 0.1) is 0 Å². The number of hydrogen-bond donors (Lipinski definition) is 1. The summed E-state index contributed by atoms with van der Waals surface area (Å²) in [7, 11) is 0. The zero-order valence-corrected chi connectivity index (χ0v) is 13.3. The highest BCUT2D eigenvalue weighted by Gasteiger charge is 2.23. The monoisotopic (exact) mass is 315 g/mol. The molecular weight excluding hydrogens is 294 g/mol. The largest absolute Gasteiger partial charge is 0.309 e. The van der Waals surface area contributed by atoms with Crippen LogP contribution in [0.2, 0.25) is 0 Å². The summed E-state index contributed by atoms with van der Waals surface area (Å²) in [6, 6.07) is 2.97. The maximum atomic E-state index is 3.73. The van der Waals surface area contributed by atoms with Crippen molar-refractivity contribution in [2.24, 2.45) is 11.8 Å². The Morgan fingerprint density at radius 3 is 2.47 bits per heavy atom. The first kappa shape index (κ1) is 13.6. The van der Waals surface area contributed by atoms with E-state index in [1.807, 2.05) is 11.3 Å². The highest BCUT2D eigenvalue weighted by atomic mass is 79.9. The minimum Gasteiger partial charge on any atom is -0.309 e. The van der Waals surface area contributed by atoms with E-state index in [9.17, 15) is 0 Å². The molecule has 1 N–H and O–H groups in total. The summed E-state index contributed by atoms with van der Waals surface area (Å²) in [6.45, 7) is 7.97. The molecule has 1 aliphatic rings. The molecule has 0 saturated heterocycles. The molecule has 1 aromatic rings. The topological polar surface area (TPSA) is 12.0 Å². The quantitative estimate of drug-likeness (QED) is 0.850. The Morgan fingerprint density at radius 1 is 1.29 bits per heavy atom. The fourth-order valence-corrected chi connectivity index (χ4v) is 4.52. The average Bonchev–Trinajstić information content (AvgIpc) is 2.54. The smallest absolute Gasteiger partial charge is 0.0314 e. The van der Waals surface area contributed by atoms with Gasteiger partial charge < -0.3 is 5.32 Å². The SMILES string of the molecule is Cc1sc(CNC2CC(C)CC(C)C2)cc1Br. The van der Waals surface area contributed by atoms with Crippen molar-refractivity contribution in [3.8, 4) is 0 Å². The van der Waals surface area contributed by atoms with Crippen molar-refractivity contribution in [1.29, 1.82) is 0 Å². The molecule has 1 nitrogen and oxygen atoms in total. The van der Waals surface area contributed by atoms with Crippen LogP contribution in [0.5, 0.6) is 0 Å². The molecule has 1 fully saturated rings. The second-order valence-corrected chi connectivity index (χ2v) is 7.81. The lowest BCUT2D eigenvalue weighted by atomic mass is 9.80. The average molecular weight is 316 g/mol. The molecule has 17 heavy (non-hydrogen) atoms. The highest BCUT2D eigenvalue weighted by Crippen LogP contribution is 2.30. The molecule has 2 rings (SSSR count). The Labute approximate surface area is 117 Å². The summed E-state index contributed by atoms with van der Waals surface area (Å²) in [4.78, 5) is 2.83. The van der Waals surface area contributed by atoms with Crippen LogP contribution in [0.1, 0.15) is 42.9 Å². The Balaban J connectivity index is 1.85. The minimum absolute atomic E-state index is 0.718. The van der Waals surface area contributed by atoms with Crippen LogP contribution in [0.25, 0.3) is 0 Å². The third-order valence-corrected chi connectivity index (χ3v) is 5.79. The van der Waals surface area contributed by atoms with E-state index in [1.54, 1.807) is 0 Å². The molecule has 1 saturated carbocycles. The van der Waals surface area contributed by atoms with Crippen molar-refractivity contribution < 1.29 is 0 Å². The standard InChI is InChI=1S/C14H22BrNS/c1-9-4-10(2)6-12(5-9)16-8-13-7-14(15)11(3)17-13/h7,9-10,12,16H,4-6,8H2,1-3H3. The van der Waals surface area contributed by atoms with Crippen molar-refractivity contribution in [2.45, 2.75) is 52.6 Å². The molecule has 0 radical (unpaired) electrons. The molecule has 2 unspecified atom stereocenters. The Morgan fingerprint density at radius 2 is 1.94 bits per heavy atom. The minimum atomic E-state index is 0.718. The Bertz CT molecular complexity index is 345. The van der Waals surface area contributed by atoms with Crippen molar-refractivity contribution in [2.75, 3.05) is 0 Å². The fourth-order valence-electron chi connectivity index (χ4n) is 2.96. The molecule has 0 aliphatic heterocycles. The number of nitrogens with one attached hydrogen (secondary N) is 1. The molecule has 0 amide bonds. The van der Waals surface area contributed by atoms with Gasteiger partial charge in [0.25, 0.3) is 0 Å². The normalized spacial score (nSPS) is 29.5. The van der Waals surface area contributed by atoms with Gasteiger partial charge in [0, 0.05) is 26.8 Å². The second kappa shape index (κ2) is 5.85. The summed E-state index contributed by atoms with van der Waals surface area (Å²) < 4.78 is 1.25. The van der Waals surface area contributed by atoms with Gasteiger partial charge in [-0.25, -0.2) is 0 Å². The third kappa shape index (κ3) is 3.80. The van der Waals surface area contributed by atoms with Crippen LogP contribution in [-0.4, -0.2) is 6.04 Å². The van der Waals surface area contributed by atoms with E-state index >= 15 is 0 Å². The third-order valence-electron chi connectivity index (χ3n) is 3.65. The van der Waals surface area contributed by atoms with Crippen LogP contribution in [0.15, 0.2) is 10.5 Å². The molecule has 1 aromatic heterocycles. The van der Waals surface area contributed by atoms with Gasteiger partial charge in [-0.3, -0.25) is 0 Å². The molecule has 2 atom stereocenters. The highest BCUT2D eigenvalue weighted by molar-refractivity contribution is 9.10. The lowest BCUT2D eigenvalue weighted by Gasteiger charge is -2.32. The summed E-state index contributed by atoms with van der Waals surface area (Å²) >= 11 is 5.48. The van der Waals surface area contributed by atoms with E-state index in [2.05, 4.69) is 48.1 Å². The zero-order chi connectivity index (χ0) is 12.4. The predicted octanol–water partition coefficient (Wildman–Crippen LogP) is 4.73. The van der Waals surface area contributed by atoms with Gasteiger partial charge in [-0.15, -0.1) is 11.3 Å². The summed E-state index contributed by atoms with van der Waals surface area (Å²) in [5.41, 5.74) is 0. The molecule has 3 heteroatoms. The van der Waals surface area contributed by atoms with Crippen molar-refractivity contribution in [3.63, 3.8) is 0 Å². The van der Waals surface area contributed by atoms with Crippen LogP contribution in [0.3, 0.4) is 0 Å². The first-order valence-corrected chi connectivity index (χ1v) is 8.13. The number of aryl methyl sites for hydroxylation is 1. The Kier molecular flexibility index (Phi) is 4.67. The van der Waals surface area contributed by atoms with Gasteiger partial charge in [-0.05, 0) is 60.0 Å². The van der Waals surface area contributed by atoms with E-state index in [0.717, 1.165) is 24.4 Å². The summed E-state index contributed by atoms with van der Waals surface area (Å²) in [6.07, 6.45) is 4.09. The number of hydrogen-bond acceptors (Lipinski definition) is 2. The zero-order valence-electron chi connectivity index (χ0n) is 10.9. The van der Waals surface area contributed by atoms with Crippen LogP contribution >= 0.6 is 27.3 Å².